The van der Waals surface area contributed by atoms with Crippen LogP contribution in [-0.4, -0.2) is 15.5 Å². The molecule has 0 aliphatic heterocycles. The molecule has 24 heavy (non-hydrogen) atoms. The second kappa shape index (κ2) is 6.75. The molecular formula is C18H14N4O2. The average Bonchev–Trinajstić information content (AvgIpc) is 2.62. The maximum absolute atomic E-state index is 12.2. The minimum absolute atomic E-state index is 0.0835. The molecule has 0 fully saturated rings. The number of carbonyl (C=O) groups is 1. The zero-order chi connectivity index (χ0) is 16.9. The van der Waals surface area contributed by atoms with Crippen molar-refractivity contribution in [3.8, 4) is 6.07 Å². The minimum atomic E-state index is -0.324. The van der Waals surface area contributed by atoms with Gasteiger partial charge in [0.25, 0.3) is 5.56 Å². The Bertz CT molecular complexity index is 1000. The third-order valence-corrected chi connectivity index (χ3v) is 3.60. The lowest BCUT2D eigenvalue weighted by Crippen LogP contribution is -2.32. The Morgan fingerprint density at radius 3 is 2.88 bits per heavy atom. The highest BCUT2D eigenvalue weighted by Crippen LogP contribution is 2.08. The van der Waals surface area contributed by atoms with Gasteiger partial charge in [0.1, 0.15) is 6.54 Å². The predicted octanol–water partition coefficient (Wildman–Crippen LogP) is 1.58. The first-order valence-electron chi connectivity index (χ1n) is 7.38. The number of nitriles is 1. The minimum Gasteiger partial charge on any atom is -0.350 e. The summed E-state index contributed by atoms with van der Waals surface area (Å²) in [5, 5.41) is 11.6. The van der Waals surface area contributed by atoms with E-state index < -0.39 is 0 Å². The van der Waals surface area contributed by atoms with Crippen molar-refractivity contribution in [3.05, 3.63) is 76.2 Å². The molecule has 1 heterocycles. The van der Waals surface area contributed by atoms with Crippen LogP contribution in [0, 0.1) is 11.3 Å². The van der Waals surface area contributed by atoms with Crippen molar-refractivity contribution in [2.45, 2.75) is 13.1 Å². The maximum Gasteiger partial charge on any atom is 0.269 e. The molecular weight excluding hydrogens is 304 g/mol. The van der Waals surface area contributed by atoms with Gasteiger partial charge in [-0.1, -0.05) is 24.3 Å². The summed E-state index contributed by atoms with van der Waals surface area (Å²) in [5.41, 5.74) is 2.32. The fraction of sp³-hybridized carbons (Fsp3) is 0.111. The highest BCUT2D eigenvalue weighted by molar-refractivity contribution is 5.79. The second-order valence-electron chi connectivity index (χ2n) is 5.26. The number of aromatic nitrogens is 2. The van der Waals surface area contributed by atoms with Crippen LogP contribution in [0.3, 0.4) is 0 Å². The van der Waals surface area contributed by atoms with Gasteiger partial charge in [-0.2, -0.15) is 5.26 Å². The Morgan fingerprint density at radius 2 is 2.04 bits per heavy atom. The smallest absolute Gasteiger partial charge is 0.269 e. The number of benzene rings is 2. The molecule has 6 heteroatoms. The molecule has 0 saturated heterocycles. The van der Waals surface area contributed by atoms with Crippen LogP contribution in [0.2, 0.25) is 0 Å². The monoisotopic (exact) mass is 318 g/mol. The van der Waals surface area contributed by atoms with Gasteiger partial charge in [0, 0.05) is 6.54 Å². The van der Waals surface area contributed by atoms with Crippen molar-refractivity contribution in [2.75, 3.05) is 0 Å². The lowest BCUT2D eigenvalue weighted by Gasteiger charge is -2.10. The molecule has 6 nitrogen and oxygen atoms in total. The Morgan fingerprint density at radius 1 is 1.21 bits per heavy atom. The molecule has 3 aromatic rings. The molecule has 0 bridgehead atoms. The summed E-state index contributed by atoms with van der Waals surface area (Å²) in [7, 11) is 0. The summed E-state index contributed by atoms with van der Waals surface area (Å²) in [6.07, 6.45) is 1.21. The van der Waals surface area contributed by atoms with E-state index in [9.17, 15) is 9.59 Å². The molecule has 0 radical (unpaired) electrons. The summed E-state index contributed by atoms with van der Waals surface area (Å²) < 4.78 is 1.39. The van der Waals surface area contributed by atoms with Crippen molar-refractivity contribution < 1.29 is 4.79 Å². The van der Waals surface area contributed by atoms with E-state index in [0.717, 1.165) is 5.56 Å². The van der Waals surface area contributed by atoms with Crippen molar-refractivity contribution in [2.24, 2.45) is 0 Å². The molecule has 0 saturated carbocycles. The van der Waals surface area contributed by atoms with Crippen LogP contribution in [0.15, 0.2) is 59.5 Å². The Balaban J connectivity index is 1.75. The standard InChI is InChI=1S/C18H14N4O2/c19-9-13-4-3-5-14(8-13)10-21-17(23)12-22-16-7-2-1-6-15(16)20-11-18(22)24/h1-8,11H,10,12H2,(H,21,23). The van der Waals surface area contributed by atoms with Crippen LogP contribution < -0.4 is 10.9 Å². The van der Waals surface area contributed by atoms with Gasteiger partial charge in [-0.25, -0.2) is 4.98 Å². The fourth-order valence-electron chi connectivity index (χ4n) is 2.43. The van der Waals surface area contributed by atoms with E-state index in [0.29, 0.717) is 23.1 Å². The van der Waals surface area contributed by atoms with Crippen molar-refractivity contribution in [1.82, 2.24) is 14.9 Å². The van der Waals surface area contributed by atoms with Gasteiger partial charge < -0.3 is 5.32 Å². The van der Waals surface area contributed by atoms with Gasteiger partial charge in [0.15, 0.2) is 0 Å². The molecule has 0 aliphatic rings. The van der Waals surface area contributed by atoms with Crippen LogP contribution in [0.5, 0.6) is 0 Å². The number of nitrogens with one attached hydrogen (secondary N) is 1. The number of para-hydroxylation sites is 2. The lowest BCUT2D eigenvalue weighted by atomic mass is 10.1. The number of hydrogen-bond acceptors (Lipinski definition) is 4. The third-order valence-electron chi connectivity index (χ3n) is 3.60. The summed E-state index contributed by atoms with van der Waals surface area (Å²) >= 11 is 0. The van der Waals surface area contributed by atoms with Gasteiger partial charge in [0.05, 0.1) is 28.9 Å². The molecule has 0 aliphatic carbocycles. The van der Waals surface area contributed by atoms with Gasteiger partial charge in [0.2, 0.25) is 5.91 Å². The summed E-state index contributed by atoms with van der Waals surface area (Å²) in [4.78, 5) is 28.3. The quantitative estimate of drug-likeness (QED) is 0.791. The second-order valence-corrected chi connectivity index (χ2v) is 5.26. The van der Waals surface area contributed by atoms with E-state index in [4.69, 9.17) is 5.26 Å². The number of fused-ring (bicyclic) bond motifs is 1. The molecule has 1 aromatic heterocycles. The van der Waals surface area contributed by atoms with Crippen molar-refractivity contribution >= 4 is 16.9 Å². The first-order valence-corrected chi connectivity index (χ1v) is 7.38. The van der Waals surface area contributed by atoms with Crippen molar-refractivity contribution in [1.29, 1.82) is 5.26 Å². The lowest BCUT2D eigenvalue weighted by molar-refractivity contribution is -0.121. The van der Waals surface area contributed by atoms with Crippen LogP contribution >= 0.6 is 0 Å². The molecule has 118 valence electrons. The maximum atomic E-state index is 12.2. The van der Waals surface area contributed by atoms with Gasteiger partial charge in [-0.05, 0) is 29.8 Å². The normalized spacial score (nSPS) is 10.3. The van der Waals surface area contributed by atoms with E-state index in [2.05, 4.69) is 16.4 Å². The number of rotatable bonds is 4. The summed E-state index contributed by atoms with van der Waals surface area (Å²) in [6, 6.07) is 16.2. The van der Waals surface area contributed by atoms with E-state index in [1.54, 1.807) is 36.4 Å². The summed E-state index contributed by atoms with van der Waals surface area (Å²) in [5.74, 6) is -0.282. The zero-order valence-corrected chi connectivity index (χ0v) is 12.8. The SMILES string of the molecule is N#Cc1cccc(CNC(=O)Cn2c(=O)cnc3ccccc32)c1. The van der Waals surface area contributed by atoms with Gasteiger partial charge in [-0.3, -0.25) is 14.2 Å². The number of hydrogen-bond donors (Lipinski definition) is 1. The highest BCUT2D eigenvalue weighted by Gasteiger charge is 2.08. The molecule has 1 amide bonds. The topological polar surface area (TPSA) is 87.8 Å². The largest absolute Gasteiger partial charge is 0.350 e. The molecule has 3 rings (SSSR count). The zero-order valence-electron chi connectivity index (χ0n) is 12.8. The van der Waals surface area contributed by atoms with Crippen LogP contribution in [-0.2, 0) is 17.9 Å². The molecule has 0 atom stereocenters. The van der Waals surface area contributed by atoms with Crippen LogP contribution in [0.4, 0.5) is 0 Å². The molecule has 1 N–H and O–H groups in total. The van der Waals surface area contributed by atoms with Crippen LogP contribution in [0.25, 0.3) is 11.0 Å². The van der Waals surface area contributed by atoms with E-state index >= 15 is 0 Å². The van der Waals surface area contributed by atoms with E-state index in [1.165, 1.54) is 10.8 Å². The molecule has 0 spiro atoms. The first kappa shape index (κ1) is 15.4. The molecule has 2 aromatic carbocycles. The summed E-state index contributed by atoms with van der Waals surface area (Å²) in [6.45, 7) is 0.214. The van der Waals surface area contributed by atoms with Gasteiger partial charge >= 0.3 is 0 Å². The number of carbonyl (C=O) groups excluding carboxylic acids is 1. The van der Waals surface area contributed by atoms with E-state index in [1.807, 2.05) is 12.1 Å². The van der Waals surface area contributed by atoms with Crippen LogP contribution in [0.1, 0.15) is 11.1 Å². The van der Waals surface area contributed by atoms with Crippen molar-refractivity contribution in [3.63, 3.8) is 0 Å². The first-order chi connectivity index (χ1) is 11.7. The van der Waals surface area contributed by atoms with E-state index in [-0.39, 0.29) is 18.0 Å². The van der Waals surface area contributed by atoms with Gasteiger partial charge in [-0.15, -0.1) is 0 Å². The average molecular weight is 318 g/mol. The number of amides is 1. The molecule has 0 unspecified atom stereocenters. The highest BCUT2D eigenvalue weighted by atomic mass is 16.2. The third kappa shape index (κ3) is 3.31. The number of nitrogens with zero attached hydrogens (tertiary/aromatic N) is 3. The fourth-order valence-corrected chi connectivity index (χ4v) is 2.43. The Kier molecular flexibility index (Phi) is 4.34. The Labute approximate surface area is 138 Å². The predicted molar refractivity (Wildman–Crippen MR) is 89.0 cm³/mol. The Hall–Kier alpha value is -3.46.